The maximum Gasteiger partial charge on any atom is 0.0833 e. The highest BCUT2D eigenvalue weighted by Gasteiger charge is 2.41. The van der Waals surface area contributed by atoms with Crippen molar-refractivity contribution < 1.29 is 5.11 Å². The van der Waals surface area contributed by atoms with Crippen LogP contribution in [0.25, 0.3) is 0 Å². The van der Waals surface area contributed by atoms with Crippen molar-refractivity contribution in [1.29, 1.82) is 0 Å². The maximum absolute atomic E-state index is 10.4. The van der Waals surface area contributed by atoms with Crippen molar-refractivity contribution in [2.45, 2.75) is 31.3 Å². The van der Waals surface area contributed by atoms with Crippen molar-refractivity contribution in [2.75, 3.05) is 13.1 Å². The van der Waals surface area contributed by atoms with Crippen LogP contribution in [-0.2, 0) is 5.41 Å². The first-order chi connectivity index (χ1) is 7.71. The van der Waals surface area contributed by atoms with Gasteiger partial charge in [-0.15, -0.1) is 0 Å². The second-order valence-corrected chi connectivity index (χ2v) is 5.51. The first kappa shape index (κ1) is 10.3. The van der Waals surface area contributed by atoms with Crippen molar-refractivity contribution in [3.8, 4) is 0 Å². The number of hydrogen-bond acceptors (Lipinski definition) is 2. The molecule has 16 heavy (non-hydrogen) atoms. The van der Waals surface area contributed by atoms with Gasteiger partial charge in [-0.2, -0.15) is 0 Å². The fourth-order valence-electron chi connectivity index (χ4n) is 3.43. The lowest BCUT2D eigenvalue weighted by molar-refractivity contribution is 0.0781. The van der Waals surface area contributed by atoms with E-state index in [4.69, 9.17) is 0 Å². The molecule has 2 nitrogen and oxygen atoms in total. The number of nitrogens with one attached hydrogen (secondary N) is 1. The van der Waals surface area contributed by atoms with Gasteiger partial charge < -0.3 is 10.4 Å². The molecule has 0 saturated carbocycles. The highest BCUT2D eigenvalue weighted by Crippen LogP contribution is 2.47. The standard InChI is InChI=1S/C14H19NO/c1-14-6-7-15-9-10(8-14)13(16)11-4-2-3-5-12(11)14/h2-5,10,13,15-16H,6-9H2,1H3. The number of rotatable bonds is 0. The lowest BCUT2D eigenvalue weighted by Gasteiger charge is -2.40. The van der Waals surface area contributed by atoms with Gasteiger partial charge in [-0.3, -0.25) is 0 Å². The number of aliphatic hydroxyl groups is 1. The summed E-state index contributed by atoms with van der Waals surface area (Å²) in [6.07, 6.45) is 2.00. The van der Waals surface area contributed by atoms with Crippen molar-refractivity contribution in [3.05, 3.63) is 35.4 Å². The van der Waals surface area contributed by atoms with Gasteiger partial charge in [0.1, 0.15) is 0 Å². The van der Waals surface area contributed by atoms with Crippen molar-refractivity contribution in [2.24, 2.45) is 5.92 Å². The summed E-state index contributed by atoms with van der Waals surface area (Å²) in [6.45, 7) is 4.36. The van der Waals surface area contributed by atoms with Crippen LogP contribution in [0.3, 0.4) is 0 Å². The zero-order valence-electron chi connectivity index (χ0n) is 9.74. The van der Waals surface area contributed by atoms with Crippen LogP contribution in [-0.4, -0.2) is 18.2 Å². The summed E-state index contributed by atoms with van der Waals surface area (Å²) in [4.78, 5) is 0. The molecule has 3 atom stereocenters. The third-order valence-corrected chi connectivity index (χ3v) is 4.35. The van der Waals surface area contributed by atoms with Crippen LogP contribution in [0.5, 0.6) is 0 Å². The average Bonchev–Trinajstić information content (AvgIpc) is 2.48. The van der Waals surface area contributed by atoms with Gasteiger partial charge in [0.25, 0.3) is 0 Å². The molecule has 2 bridgehead atoms. The lowest BCUT2D eigenvalue weighted by atomic mass is 9.65. The molecule has 3 unspecified atom stereocenters. The van der Waals surface area contributed by atoms with E-state index in [9.17, 15) is 5.11 Å². The number of aliphatic hydroxyl groups excluding tert-OH is 1. The highest BCUT2D eigenvalue weighted by atomic mass is 16.3. The molecule has 0 aromatic heterocycles. The molecule has 1 heterocycles. The van der Waals surface area contributed by atoms with Crippen molar-refractivity contribution >= 4 is 0 Å². The Kier molecular flexibility index (Phi) is 2.30. The summed E-state index contributed by atoms with van der Waals surface area (Å²) in [5, 5.41) is 13.8. The third-order valence-electron chi connectivity index (χ3n) is 4.35. The van der Waals surface area contributed by atoms with E-state index in [2.05, 4.69) is 30.4 Å². The fourth-order valence-corrected chi connectivity index (χ4v) is 3.43. The summed E-state index contributed by atoms with van der Waals surface area (Å²) in [5.74, 6) is 0.377. The molecule has 0 amide bonds. The third kappa shape index (κ3) is 1.40. The van der Waals surface area contributed by atoms with Crippen LogP contribution in [0.1, 0.15) is 37.0 Å². The van der Waals surface area contributed by atoms with E-state index in [1.807, 2.05) is 6.07 Å². The highest BCUT2D eigenvalue weighted by molar-refractivity contribution is 5.39. The zero-order chi connectivity index (χ0) is 11.2. The van der Waals surface area contributed by atoms with Crippen LogP contribution in [0.4, 0.5) is 0 Å². The van der Waals surface area contributed by atoms with Gasteiger partial charge in [-0.1, -0.05) is 31.2 Å². The minimum atomic E-state index is -0.283. The quantitative estimate of drug-likeness (QED) is 0.696. The largest absolute Gasteiger partial charge is 0.388 e. The van der Waals surface area contributed by atoms with Gasteiger partial charge >= 0.3 is 0 Å². The lowest BCUT2D eigenvalue weighted by Crippen LogP contribution is -2.35. The molecule has 86 valence electrons. The van der Waals surface area contributed by atoms with Crippen molar-refractivity contribution in [3.63, 3.8) is 0 Å². The Morgan fingerprint density at radius 1 is 1.38 bits per heavy atom. The van der Waals surface area contributed by atoms with Crippen LogP contribution < -0.4 is 5.32 Å². The Labute approximate surface area is 96.7 Å². The second kappa shape index (κ2) is 3.57. The van der Waals surface area contributed by atoms with Gasteiger partial charge in [0.05, 0.1) is 6.10 Å². The summed E-state index contributed by atoms with van der Waals surface area (Å²) in [5.41, 5.74) is 2.77. The molecular weight excluding hydrogens is 198 g/mol. The zero-order valence-corrected chi connectivity index (χ0v) is 9.74. The molecule has 0 spiro atoms. The SMILES string of the molecule is CC12CCNCC(C1)C(O)c1ccccc12. The number of hydrogen-bond donors (Lipinski definition) is 2. The molecule has 1 aliphatic carbocycles. The van der Waals surface area contributed by atoms with Crippen LogP contribution in [0.2, 0.25) is 0 Å². The summed E-state index contributed by atoms with van der Waals surface area (Å²) >= 11 is 0. The molecule has 1 saturated heterocycles. The molecular formula is C14H19NO. The van der Waals surface area contributed by atoms with E-state index >= 15 is 0 Å². The fraction of sp³-hybridized carbons (Fsp3) is 0.571. The first-order valence-electron chi connectivity index (χ1n) is 6.19. The van der Waals surface area contributed by atoms with Gasteiger partial charge in [0, 0.05) is 12.5 Å². The maximum atomic E-state index is 10.4. The topological polar surface area (TPSA) is 32.3 Å². The van der Waals surface area contributed by atoms with E-state index in [1.54, 1.807) is 0 Å². The Balaban J connectivity index is 2.15. The van der Waals surface area contributed by atoms with E-state index in [0.29, 0.717) is 5.92 Å². The summed E-state index contributed by atoms with van der Waals surface area (Å²) < 4.78 is 0. The molecule has 2 N–H and O–H groups in total. The Morgan fingerprint density at radius 2 is 2.19 bits per heavy atom. The molecule has 2 aliphatic rings. The minimum absolute atomic E-state index is 0.254. The molecule has 3 rings (SSSR count). The van der Waals surface area contributed by atoms with Crippen molar-refractivity contribution in [1.82, 2.24) is 5.32 Å². The minimum Gasteiger partial charge on any atom is -0.388 e. The second-order valence-electron chi connectivity index (χ2n) is 5.51. The Morgan fingerprint density at radius 3 is 3.06 bits per heavy atom. The van der Waals surface area contributed by atoms with E-state index < -0.39 is 0 Å². The van der Waals surface area contributed by atoms with E-state index in [0.717, 1.165) is 25.1 Å². The molecule has 1 aromatic rings. The first-order valence-corrected chi connectivity index (χ1v) is 6.19. The van der Waals surface area contributed by atoms with Gasteiger partial charge in [0.2, 0.25) is 0 Å². The van der Waals surface area contributed by atoms with Gasteiger partial charge in [0.15, 0.2) is 0 Å². The van der Waals surface area contributed by atoms with Gasteiger partial charge in [-0.25, -0.2) is 0 Å². The molecule has 1 aromatic carbocycles. The van der Waals surface area contributed by atoms with Crippen LogP contribution in [0.15, 0.2) is 24.3 Å². The molecule has 1 aliphatic heterocycles. The smallest absolute Gasteiger partial charge is 0.0833 e. The number of benzene rings is 1. The van der Waals surface area contributed by atoms with Gasteiger partial charge in [-0.05, 0) is 35.9 Å². The summed E-state index contributed by atoms with van der Waals surface area (Å²) in [7, 11) is 0. The predicted octanol–water partition coefficient (Wildman–Crippen LogP) is 1.99. The predicted molar refractivity (Wildman–Crippen MR) is 64.3 cm³/mol. The Bertz CT molecular complexity index is 403. The summed E-state index contributed by atoms with van der Waals surface area (Å²) in [6, 6.07) is 8.42. The normalized spacial score (nSPS) is 37.6. The van der Waals surface area contributed by atoms with Crippen LogP contribution in [0, 0.1) is 5.92 Å². The molecule has 2 heteroatoms. The van der Waals surface area contributed by atoms with Crippen LogP contribution >= 0.6 is 0 Å². The molecule has 0 radical (unpaired) electrons. The monoisotopic (exact) mass is 217 g/mol. The van der Waals surface area contributed by atoms with E-state index in [1.165, 1.54) is 12.0 Å². The average molecular weight is 217 g/mol. The number of fused-ring (bicyclic) bond motifs is 4. The Hall–Kier alpha value is -0.860. The van der Waals surface area contributed by atoms with E-state index in [-0.39, 0.29) is 11.5 Å². The molecule has 1 fully saturated rings.